The second-order valence-corrected chi connectivity index (χ2v) is 6.27. The van der Waals surface area contributed by atoms with Gasteiger partial charge in [-0.2, -0.15) is 13.2 Å². The minimum absolute atomic E-state index is 0.0124. The van der Waals surface area contributed by atoms with E-state index in [0.717, 1.165) is 17.5 Å². The highest BCUT2D eigenvalue weighted by atomic mass is 19.4. The molecule has 1 unspecified atom stereocenters. The molecule has 1 N–H and O–H groups in total. The molecule has 1 aromatic carbocycles. The Bertz CT molecular complexity index is 945. The predicted octanol–water partition coefficient (Wildman–Crippen LogP) is 2.29. The molecule has 0 fully saturated rings. The monoisotopic (exact) mass is 504 g/mol. The Balaban J connectivity index is 2.22. The van der Waals surface area contributed by atoms with Gasteiger partial charge in [0.2, 0.25) is 18.2 Å². The third-order valence-corrected chi connectivity index (χ3v) is 3.98. The van der Waals surface area contributed by atoms with Crippen molar-refractivity contribution in [3.63, 3.8) is 0 Å². The fourth-order valence-corrected chi connectivity index (χ4v) is 2.69. The molecule has 16 heteroatoms. The summed E-state index contributed by atoms with van der Waals surface area (Å²) in [4.78, 5) is 37.4. The first kappa shape index (κ1) is 26.5. The molecule has 0 saturated carbocycles. The van der Waals surface area contributed by atoms with Crippen molar-refractivity contribution in [1.29, 1.82) is 0 Å². The second-order valence-electron chi connectivity index (χ2n) is 6.27. The van der Waals surface area contributed by atoms with Crippen LogP contribution in [0.5, 0.6) is 11.5 Å². The van der Waals surface area contributed by atoms with Gasteiger partial charge in [0.25, 0.3) is 0 Å². The van der Waals surface area contributed by atoms with Gasteiger partial charge in [-0.15, -0.1) is 13.2 Å². The summed E-state index contributed by atoms with van der Waals surface area (Å²) >= 11 is 0. The van der Waals surface area contributed by atoms with Crippen LogP contribution in [0.15, 0.2) is 17.7 Å². The number of benzene rings is 1. The molecular formula is C18H16F6NO9+. The van der Waals surface area contributed by atoms with Crippen molar-refractivity contribution in [2.45, 2.75) is 32.0 Å². The minimum atomic E-state index is -5.11. The van der Waals surface area contributed by atoms with Crippen LogP contribution in [0.3, 0.4) is 0 Å². The summed E-state index contributed by atoms with van der Waals surface area (Å²) in [7, 11) is 0. The Labute approximate surface area is 186 Å². The highest BCUT2D eigenvalue weighted by Gasteiger charge is 2.49. The van der Waals surface area contributed by atoms with Crippen LogP contribution in [0.1, 0.15) is 18.1 Å². The first-order chi connectivity index (χ1) is 15.9. The van der Waals surface area contributed by atoms with E-state index >= 15 is 0 Å². The summed E-state index contributed by atoms with van der Waals surface area (Å²) in [5, 5.41) is 1.06. The van der Waals surface area contributed by atoms with Crippen molar-refractivity contribution in [3.8, 4) is 11.5 Å². The van der Waals surface area contributed by atoms with Crippen LogP contribution in [-0.4, -0.2) is 50.8 Å². The van der Waals surface area contributed by atoms with Gasteiger partial charge in [-0.25, -0.2) is 14.4 Å². The van der Waals surface area contributed by atoms with Gasteiger partial charge >= 0.3 is 24.7 Å². The molecule has 0 spiro atoms. The Morgan fingerprint density at radius 1 is 1.06 bits per heavy atom. The van der Waals surface area contributed by atoms with Gasteiger partial charge in [0.05, 0.1) is 10.5 Å². The maximum Gasteiger partial charge on any atom is 0.573 e. The van der Waals surface area contributed by atoms with Gasteiger partial charge in [-0.3, -0.25) is 0 Å². The largest absolute Gasteiger partial charge is 0.573 e. The van der Waals surface area contributed by atoms with Crippen molar-refractivity contribution in [2.75, 3.05) is 20.0 Å². The zero-order chi connectivity index (χ0) is 25.5. The van der Waals surface area contributed by atoms with Crippen molar-refractivity contribution >= 4 is 18.2 Å². The smallest absolute Gasteiger partial charge is 0.475 e. The average Bonchev–Trinajstić information content (AvgIpc) is 2.73. The van der Waals surface area contributed by atoms with Crippen LogP contribution >= 0.6 is 0 Å². The quantitative estimate of drug-likeness (QED) is 0.178. The molecule has 10 nitrogen and oxygen atoms in total. The summed E-state index contributed by atoms with van der Waals surface area (Å²) in [5.74, 6) is -2.74. The summed E-state index contributed by atoms with van der Waals surface area (Å²) < 4.78 is 100. The van der Waals surface area contributed by atoms with E-state index in [2.05, 4.69) is 23.8 Å². The molecule has 188 valence electrons. The number of aryl methyl sites for hydroxylation is 1. The molecule has 0 aromatic heterocycles. The third-order valence-electron chi connectivity index (χ3n) is 3.98. The summed E-state index contributed by atoms with van der Waals surface area (Å²) in [6.07, 6.45) is -13.7. The zero-order valence-electron chi connectivity index (χ0n) is 17.1. The normalized spacial score (nSPS) is 15.3. The van der Waals surface area contributed by atoms with E-state index in [-0.39, 0.29) is 29.9 Å². The number of hydrogen-bond acceptors (Lipinski definition) is 9. The molecule has 1 atom stereocenters. The van der Waals surface area contributed by atoms with Crippen molar-refractivity contribution in [3.05, 3.63) is 33.7 Å². The van der Waals surface area contributed by atoms with Crippen molar-refractivity contribution in [2.24, 2.45) is 0 Å². The number of fused-ring (bicyclic) bond motifs is 1. The predicted molar refractivity (Wildman–Crippen MR) is 94.6 cm³/mol. The van der Waals surface area contributed by atoms with Crippen LogP contribution in [0.4, 0.5) is 31.1 Å². The van der Waals surface area contributed by atoms with Gasteiger partial charge in [0.15, 0.2) is 6.61 Å². The lowest BCUT2D eigenvalue weighted by Gasteiger charge is -2.29. The fraction of sp³-hybridized carbons (Fsp3) is 0.444. The number of hydrogen-bond donors (Lipinski definition) is 1. The van der Waals surface area contributed by atoms with Crippen LogP contribution < -0.4 is 14.8 Å². The van der Waals surface area contributed by atoms with Crippen LogP contribution in [0, 0.1) is 4.91 Å². The van der Waals surface area contributed by atoms with Gasteiger partial charge in [0.1, 0.15) is 18.1 Å². The van der Waals surface area contributed by atoms with E-state index in [1.54, 1.807) is 0 Å². The van der Waals surface area contributed by atoms with E-state index in [4.69, 9.17) is 4.74 Å². The maximum absolute atomic E-state index is 13.5. The van der Waals surface area contributed by atoms with Crippen LogP contribution in [0.2, 0.25) is 0 Å². The SMILES string of the molecule is CCc1cc(OC(F)(F)F)cc2c1OC(C(F)(F)F)C(C(=O)OCOC(=O)OCCO[NH+]=O)=C2. The fourth-order valence-electron chi connectivity index (χ4n) is 2.69. The topological polar surface area (TPSA) is 121 Å². The lowest BCUT2D eigenvalue weighted by molar-refractivity contribution is -0.770. The van der Waals surface area contributed by atoms with E-state index in [1.165, 1.54) is 6.92 Å². The highest BCUT2D eigenvalue weighted by Crippen LogP contribution is 2.42. The van der Waals surface area contributed by atoms with Crippen molar-refractivity contribution < 1.29 is 69.8 Å². The molecule has 0 amide bonds. The number of rotatable bonds is 9. The Hall–Kier alpha value is -3.72. The van der Waals surface area contributed by atoms with E-state index < -0.39 is 55.5 Å². The Morgan fingerprint density at radius 2 is 1.76 bits per heavy atom. The molecule has 1 heterocycles. The first-order valence-electron chi connectivity index (χ1n) is 9.19. The second kappa shape index (κ2) is 10.9. The molecule has 1 aromatic rings. The summed E-state index contributed by atoms with van der Waals surface area (Å²) in [6.45, 7) is -0.484. The standard InChI is InChI=1S/C18H16F6NO9/c1-2-9-5-11(34-18(22,23)24)6-10-7-12(14(17(19,20)21)33-13(9)10)15(26)30-8-31-16(27)29-3-4-32-25-28/h5-7,14,25H,2-4,8H2,1H3/q+1. The first-order valence-corrected chi connectivity index (χ1v) is 9.19. The highest BCUT2D eigenvalue weighted by molar-refractivity contribution is 5.96. The number of alkyl halides is 6. The average molecular weight is 504 g/mol. The molecule has 1 aliphatic rings. The van der Waals surface area contributed by atoms with Crippen molar-refractivity contribution in [1.82, 2.24) is 0 Å². The lowest BCUT2D eigenvalue weighted by Crippen LogP contribution is -2.63. The Morgan fingerprint density at radius 3 is 2.35 bits per heavy atom. The summed E-state index contributed by atoms with van der Waals surface area (Å²) in [6, 6.07) is 1.61. The molecule has 0 saturated heterocycles. The lowest BCUT2D eigenvalue weighted by atomic mass is 9.97. The number of ether oxygens (including phenoxy) is 5. The molecule has 1 aliphatic heterocycles. The van der Waals surface area contributed by atoms with Gasteiger partial charge < -0.3 is 23.7 Å². The molecule has 0 radical (unpaired) electrons. The number of nitrogens with one attached hydrogen (secondary N) is 1. The molecule has 0 aliphatic carbocycles. The van der Waals surface area contributed by atoms with Crippen LogP contribution in [0.25, 0.3) is 6.08 Å². The van der Waals surface area contributed by atoms with E-state index in [1.807, 2.05) is 0 Å². The van der Waals surface area contributed by atoms with Gasteiger partial charge in [0, 0.05) is 5.56 Å². The number of carbonyl (C=O) groups is 2. The van der Waals surface area contributed by atoms with Crippen LogP contribution in [-0.2, 0) is 30.3 Å². The molecular weight excluding hydrogens is 488 g/mol. The zero-order valence-corrected chi connectivity index (χ0v) is 17.1. The molecule has 2 rings (SSSR count). The Kier molecular flexibility index (Phi) is 8.53. The molecule has 34 heavy (non-hydrogen) atoms. The van der Waals surface area contributed by atoms with Gasteiger partial charge in [-0.05, 0) is 30.2 Å². The van der Waals surface area contributed by atoms with Gasteiger partial charge in [-0.1, -0.05) is 6.92 Å². The third kappa shape index (κ3) is 7.41. The minimum Gasteiger partial charge on any atom is -0.475 e. The summed E-state index contributed by atoms with van der Waals surface area (Å²) in [5.41, 5.74) is -1.44. The number of carbonyl (C=O) groups excluding carboxylic acids is 2. The molecule has 0 bridgehead atoms. The number of halogens is 6. The van der Waals surface area contributed by atoms with E-state index in [9.17, 15) is 40.8 Å². The van der Waals surface area contributed by atoms with E-state index in [0.29, 0.717) is 6.08 Å². The number of esters is 1. The maximum atomic E-state index is 13.5.